The van der Waals surface area contributed by atoms with Gasteiger partial charge in [0.25, 0.3) is 0 Å². The Morgan fingerprint density at radius 3 is 1.21 bits per heavy atom. The van der Waals surface area contributed by atoms with Crippen LogP contribution in [0.3, 0.4) is 0 Å². The van der Waals surface area contributed by atoms with Crippen molar-refractivity contribution in [2.24, 2.45) is 0 Å². The lowest BCUT2D eigenvalue weighted by molar-refractivity contribution is -0.142. The van der Waals surface area contributed by atoms with Gasteiger partial charge in [0.1, 0.15) is 22.3 Å². The van der Waals surface area contributed by atoms with Crippen molar-refractivity contribution in [1.29, 1.82) is 0 Å². The Hall–Kier alpha value is -1.18. The van der Waals surface area contributed by atoms with E-state index in [-0.39, 0.29) is 5.97 Å². The molecule has 1 unspecified atom stereocenters. The molecule has 0 fully saturated rings. The van der Waals surface area contributed by atoms with Crippen LogP contribution < -0.4 is 0 Å². The summed E-state index contributed by atoms with van der Waals surface area (Å²) < 4.78 is 18.2. The first kappa shape index (κ1) is 47.9. The molecule has 0 aromatic carbocycles. The van der Waals surface area contributed by atoms with E-state index in [9.17, 15) is 9.90 Å². The van der Waals surface area contributed by atoms with Crippen molar-refractivity contribution in [3.8, 4) is 22.9 Å². The summed E-state index contributed by atoms with van der Waals surface area (Å²) in [5.41, 5.74) is 9.86. The molecule has 0 aliphatic heterocycles. The molecule has 0 rings (SSSR count). The lowest BCUT2D eigenvalue weighted by atomic mass is 10.3. The van der Waals surface area contributed by atoms with Gasteiger partial charge in [-0.1, -0.05) is 146 Å². The fourth-order valence-electron chi connectivity index (χ4n) is 6.67. The molecule has 0 amide bonds. The summed E-state index contributed by atoms with van der Waals surface area (Å²) >= 11 is 0. The molecule has 0 heterocycles. The van der Waals surface area contributed by atoms with Gasteiger partial charge in [-0.2, -0.15) is 0 Å². The molecule has 0 bridgehead atoms. The van der Waals surface area contributed by atoms with Crippen LogP contribution in [0.2, 0.25) is 72.5 Å². The van der Waals surface area contributed by atoms with Gasteiger partial charge in [0, 0.05) is 6.92 Å². The van der Waals surface area contributed by atoms with E-state index >= 15 is 0 Å². The van der Waals surface area contributed by atoms with Crippen molar-refractivity contribution < 1.29 is 23.5 Å². The van der Waals surface area contributed by atoms with Gasteiger partial charge in [-0.3, -0.25) is 4.79 Å². The second-order valence-electron chi connectivity index (χ2n) is 16.6. The predicted octanol–water partition coefficient (Wildman–Crippen LogP) is 10.5. The fourth-order valence-corrected chi connectivity index (χ4v) is 18.6. The van der Waals surface area contributed by atoms with E-state index in [2.05, 4.69) is 145 Å². The van der Waals surface area contributed by atoms with Crippen LogP contribution >= 0.6 is 0 Å². The molecule has 0 radical (unpaired) electrons. The minimum atomic E-state index is -1.87. The van der Waals surface area contributed by atoms with Crippen molar-refractivity contribution in [3.05, 3.63) is 24.3 Å². The van der Waals surface area contributed by atoms with Crippen molar-refractivity contribution in [2.75, 3.05) is 13.2 Å². The molecule has 2 atom stereocenters. The van der Waals surface area contributed by atoms with E-state index in [1.165, 1.54) is 6.92 Å². The van der Waals surface area contributed by atoms with Gasteiger partial charge in [-0.25, -0.2) is 0 Å². The molecule has 5 nitrogen and oxygen atoms in total. The summed E-state index contributed by atoms with van der Waals surface area (Å²) in [6, 6.07) is 0. The van der Waals surface area contributed by atoms with E-state index in [4.69, 9.17) is 13.6 Å². The van der Waals surface area contributed by atoms with Crippen LogP contribution in [-0.4, -0.2) is 69.3 Å². The number of carbonyl (C=O) groups excluding carboxylic acids is 1. The summed E-state index contributed by atoms with van der Waals surface area (Å²) in [7, 11) is -6.60. The average Bonchev–Trinajstić information content (AvgIpc) is 2.88. The number of aliphatic hydroxyl groups is 1. The maximum Gasteiger partial charge on any atom is 0.304 e. The van der Waals surface area contributed by atoms with E-state index in [1.54, 1.807) is 6.08 Å². The number of hydrogen-bond donors (Lipinski definition) is 1. The maximum absolute atomic E-state index is 11.3. The van der Waals surface area contributed by atoms with Crippen molar-refractivity contribution in [3.63, 3.8) is 0 Å². The van der Waals surface area contributed by atoms with Crippen molar-refractivity contribution in [1.82, 2.24) is 0 Å². The van der Waals surface area contributed by atoms with E-state index in [0.717, 1.165) is 0 Å². The minimum Gasteiger partial charge on any atom is -0.445 e. The summed E-state index contributed by atoms with van der Waals surface area (Å²) in [5.74, 6) is 5.71. The quantitative estimate of drug-likeness (QED) is 0.0789. The lowest BCUT2D eigenvalue weighted by Crippen LogP contribution is -2.47. The smallest absolute Gasteiger partial charge is 0.304 e. The first-order valence-electron chi connectivity index (χ1n) is 17.8. The van der Waals surface area contributed by atoms with Gasteiger partial charge in [0.05, 0.1) is 13.2 Å². The zero-order valence-corrected chi connectivity index (χ0v) is 37.9. The third kappa shape index (κ3) is 18.4. The van der Waals surface area contributed by atoms with Crippen molar-refractivity contribution in [2.45, 2.75) is 175 Å². The number of carbonyl (C=O) groups is 1. The monoisotopic (exact) mass is 722 g/mol. The summed E-state index contributed by atoms with van der Waals surface area (Å²) in [6.07, 6.45) is 6.34. The number of hydrogen-bond acceptors (Lipinski definition) is 5. The summed E-state index contributed by atoms with van der Waals surface area (Å²) in [4.78, 5) is 11.3. The van der Waals surface area contributed by atoms with Gasteiger partial charge in [0.15, 0.2) is 6.10 Å². The molecule has 0 aliphatic rings. The molecule has 0 aromatic heterocycles. The van der Waals surface area contributed by atoms with E-state index in [1.807, 2.05) is 18.2 Å². The molecule has 0 aromatic rings. The summed E-state index contributed by atoms with van der Waals surface area (Å²) in [6.45, 7) is 42.9. The topological polar surface area (TPSA) is 65.0 Å². The van der Waals surface area contributed by atoms with Crippen LogP contribution in [0.4, 0.5) is 0 Å². The molecule has 0 saturated heterocycles. The molecular weight excluding hydrogens is 649 g/mol. The Kier molecular flexibility index (Phi) is 22.2. The molecule has 9 heteroatoms. The predicted molar refractivity (Wildman–Crippen MR) is 216 cm³/mol. The van der Waals surface area contributed by atoms with E-state index in [0.29, 0.717) is 46.5 Å². The molecule has 47 heavy (non-hydrogen) atoms. The van der Waals surface area contributed by atoms with Crippen LogP contribution in [0.25, 0.3) is 0 Å². The van der Waals surface area contributed by atoms with Crippen molar-refractivity contribution >= 4 is 38.8 Å². The average molecular weight is 723 g/mol. The standard InChI is InChI=1S/C20H38O3Si2.C18H36O2Si2/c1-16(2)25(17(3)4,18(5)6)22-14-11-12-20(23-19(7)21)13-15-24(8,9)10;1-15(2)22(16(3)4,17(5)6)20-13-10-11-18(19)12-14-21(7,8)9/h11-12,16-18,20H,14H2,1-10H3;10-11,15-19H,13H2,1-9H3/b12-11+;11-10+/t20-;/m1./s1. The van der Waals surface area contributed by atoms with Crippen LogP contribution in [0, 0.1) is 22.9 Å². The van der Waals surface area contributed by atoms with Gasteiger partial charge < -0.3 is 18.7 Å². The lowest BCUT2D eigenvalue weighted by Gasteiger charge is -2.41. The molecule has 0 aliphatic carbocycles. The molecule has 272 valence electrons. The number of rotatable bonds is 15. The Bertz CT molecular complexity index is 1040. The van der Waals surface area contributed by atoms with E-state index < -0.39 is 45.0 Å². The number of ether oxygens (including phenoxy) is 1. The van der Waals surface area contributed by atoms with Gasteiger partial charge in [-0.15, -0.1) is 11.1 Å². The highest BCUT2D eigenvalue weighted by Gasteiger charge is 2.45. The molecular formula is C38H74O5Si4. The third-order valence-corrected chi connectivity index (χ3v) is 22.3. The van der Waals surface area contributed by atoms with Gasteiger partial charge in [0.2, 0.25) is 16.6 Å². The zero-order valence-electron chi connectivity index (χ0n) is 33.9. The Balaban J connectivity index is 0. The van der Waals surface area contributed by atoms with Crippen LogP contribution in [0.5, 0.6) is 0 Å². The maximum atomic E-state index is 11.3. The largest absolute Gasteiger partial charge is 0.445 e. The van der Waals surface area contributed by atoms with Gasteiger partial charge >= 0.3 is 5.97 Å². The molecule has 0 spiro atoms. The highest BCUT2D eigenvalue weighted by Crippen LogP contribution is 2.43. The van der Waals surface area contributed by atoms with Crippen LogP contribution in [0.15, 0.2) is 24.3 Å². The first-order valence-corrected chi connectivity index (χ1v) is 29.1. The Morgan fingerprint density at radius 1 is 0.596 bits per heavy atom. The number of aliphatic hydroxyl groups excluding tert-OH is 1. The summed E-state index contributed by atoms with van der Waals surface area (Å²) in [5, 5.41) is 9.89. The third-order valence-electron chi connectivity index (χ3n) is 8.38. The SMILES string of the molecule is CC(=O)O[C@@H](C#C[Si](C)(C)C)/C=C/CO[Si](C(C)C)(C(C)C)C(C)C.CC(C)[Si](OC/C=C/C(O)C#C[Si](C)(C)C)(C(C)C)C(C)C. The Labute approximate surface area is 296 Å². The van der Waals surface area contributed by atoms with Crippen LogP contribution in [0.1, 0.15) is 90.0 Å². The second-order valence-corrected chi connectivity index (χ2v) is 37.0. The molecule has 0 saturated carbocycles. The first-order chi connectivity index (χ1) is 21.3. The normalized spacial score (nSPS) is 14.4. The number of esters is 1. The second kappa shape index (κ2) is 21.8. The molecule has 1 N–H and O–H groups in total. The van der Waals surface area contributed by atoms with Gasteiger partial charge in [-0.05, 0) is 45.4 Å². The minimum absolute atomic E-state index is 0.310. The zero-order chi connectivity index (χ0) is 37.4. The highest BCUT2D eigenvalue weighted by atomic mass is 28.4. The van der Waals surface area contributed by atoms with Crippen LogP contribution in [-0.2, 0) is 18.4 Å². The fraction of sp³-hybridized carbons (Fsp3) is 0.763. The Morgan fingerprint density at radius 2 is 0.915 bits per heavy atom. The highest BCUT2D eigenvalue weighted by molar-refractivity contribution is 6.84.